The molecule has 1 heterocycles. The van der Waals surface area contributed by atoms with Gasteiger partial charge in [-0.2, -0.15) is 0 Å². The molecule has 0 saturated carbocycles. The van der Waals surface area contributed by atoms with Gasteiger partial charge in [0.1, 0.15) is 0 Å². The average molecular weight is 362 g/mol. The number of piperidine rings is 1. The monoisotopic (exact) mass is 360 g/mol. The van der Waals surface area contributed by atoms with Crippen LogP contribution in [0.15, 0.2) is 16.6 Å². The molecule has 4 nitrogen and oxygen atoms in total. The minimum absolute atomic E-state index is 0.0512. The first-order valence-electron chi connectivity index (χ1n) is 6.60. The smallest absolute Gasteiger partial charge is 0.241 e. The van der Waals surface area contributed by atoms with E-state index in [0.29, 0.717) is 26.9 Å². The molecule has 20 heavy (non-hydrogen) atoms. The van der Waals surface area contributed by atoms with Gasteiger partial charge < -0.3 is 15.4 Å². The molecule has 2 atom stereocenters. The van der Waals surface area contributed by atoms with Crippen LogP contribution in [0.5, 0.6) is 5.75 Å². The molecule has 2 rings (SSSR count). The standard InChI is InChI=1S/C14H18BrClN2O2/c1-8-4-3-5-17-12(8)14(19)18-11-7-9(16)6-10(15)13(11)20-2/h6-8,12,17H,3-5H2,1-2H3,(H,18,19). The average Bonchev–Trinajstić information content (AvgIpc) is 2.38. The lowest BCUT2D eigenvalue weighted by atomic mass is 9.92. The Bertz CT molecular complexity index is 510. The third-order valence-electron chi connectivity index (χ3n) is 3.52. The SMILES string of the molecule is COc1c(Br)cc(Cl)cc1NC(=O)C1NCCCC1C. The Kier molecular flexibility index (Phi) is 5.29. The zero-order valence-corrected chi connectivity index (χ0v) is 13.8. The van der Waals surface area contributed by atoms with Gasteiger partial charge in [-0.05, 0) is 53.4 Å². The van der Waals surface area contributed by atoms with Crippen molar-refractivity contribution < 1.29 is 9.53 Å². The molecule has 1 amide bonds. The van der Waals surface area contributed by atoms with E-state index in [1.165, 1.54) is 0 Å². The molecule has 1 saturated heterocycles. The summed E-state index contributed by atoms with van der Waals surface area (Å²) in [6.45, 7) is 2.96. The fraction of sp³-hybridized carbons (Fsp3) is 0.500. The molecule has 1 aliphatic heterocycles. The molecule has 0 bridgehead atoms. The van der Waals surface area contributed by atoms with E-state index in [-0.39, 0.29) is 11.9 Å². The summed E-state index contributed by atoms with van der Waals surface area (Å²) in [5, 5.41) is 6.70. The number of anilines is 1. The van der Waals surface area contributed by atoms with Crippen molar-refractivity contribution in [1.82, 2.24) is 5.32 Å². The van der Waals surface area contributed by atoms with Crippen LogP contribution in [0.1, 0.15) is 19.8 Å². The lowest BCUT2D eigenvalue weighted by molar-refractivity contribution is -0.119. The third kappa shape index (κ3) is 3.45. The van der Waals surface area contributed by atoms with Gasteiger partial charge in [-0.3, -0.25) is 4.79 Å². The first kappa shape index (κ1) is 15.6. The summed E-state index contributed by atoms with van der Waals surface area (Å²) >= 11 is 9.40. The fourth-order valence-electron chi connectivity index (χ4n) is 2.47. The highest BCUT2D eigenvalue weighted by atomic mass is 79.9. The molecule has 2 unspecified atom stereocenters. The van der Waals surface area contributed by atoms with Gasteiger partial charge in [0.15, 0.2) is 5.75 Å². The van der Waals surface area contributed by atoms with Crippen molar-refractivity contribution in [3.8, 4) is 5.75 Å². The first-order chi connectivity index (χ1) is 9.52. The number of nitrogens with one attached hydrogen (secondary N) is 2. The van der Waals surface area contributed by atoms with E-state index in [1.807, 2.05) is 0 Å². The zero-order chi connectivity index (χ0) is 14.7. The van der Waals surface area contributed by atoms with E-state index < -0.39 is 0 Å². The first-order valence-corrected chi connectivity index (χ1v) is 7.77. The van der Waals surface area contributed by atoms with Crippen molar-refractivity contribution in [3.05, 3.63) is 21.6 Å². The quantitative estimate of drug-likeness (QED) is 0.867. The second-order valence-electron chi connectivity index (χ2n) is 5.01. The number of carbonyl (C=O) groups is 1. The van der Waals surface area contributed by atoms with Gasteiger partial charge in [0, 0.05) is 5.02 Å². The Morgan fingerprint density at radius 2 is 2.30 bits per heavy atom. The normalized spacial score (nSPS) is 22.4. The maximum Gasteiger partial charge on any atom is 0.241 e. The molecule has 6 heteroatoms. The van der Waals surface area contributed by atoms with Crippen LogP contribution >= 0.6 is 27.5 Å². The molecular formula is C14H18BrClN2O2. The Balaban J connectivity index is 2.18. The Labute approximate surface area is 132 Å². The van der Waals surface area contributed by atoms with Gasteiger partial charge >= 0.3 is 0 Å². The van der Waals surface area contributed by atoms with Crippen LogP contribution in [0.4, 0.5) is 5.69 Å². The molecule has 0 spiro atoms. The van der Waals surface area contributed by atoms with E-state index in [0.717, 1.165) is 19.4 Å². The topological polar surface area (TPSA) is 50.4 Å². The molecule has 2 N–H and O–H groups in total. The number of rotatable bonds is 3. The van der Waals surface area contributed by atoms with Crippen molar-refractivity contribution in [2.24, 2.45) is 5.92 Å². The second-order valence-corrected chi connectivity index (χ2v) is 6.30. The lowest BCUT2D eigenvalue weighted by Gasteiger charge is -2.29. The van der Waals surface area contributed by atoms with E-state index in [4.69, 9.17) is 16.3 Å². The third-order valence-corrected chi connectivity index (χ3v) is 4.33. The Morgan fingerprint density at radius 3 is 2.95 bits per heavy atom. The molecule has 110 valence electrons. The minimum Gasteiger partial charge on any atom is -0.493 e. The largest absolute Gasteiger partial charge is 0.493 e. The number of amides is 1. The Morgan fingerprint density at radius 1 is 1.55 bits per heavy atom. The highest BCUT2D eigenvalue weighted by molar-refractivity contribution is 9.10. The number of hydrogen-bond donors (Lipinski definition) is 2. The van der Waals surface area contributed by atoms with E-state index >= 15 is 0 Å². The minimum atomic E-state index is -0.175. The molecule has 1 aromatic rings. The van der Waals surface area contributed by atoms with E-state index in [1.54, 1.807) is 19.2 Å². The van der Waals surface area contributed by atoms with Crippen LogP contribution < -0.4 is 15.4 Å². The van der Waals surface area contributed by atoms with E-state index in [9.17, 15) is 4.79 Å². The van der Waals surface area contributed by atoms with Crippen molar-refractivity contribution >= 4 is 39.1 Å². The van der Waals surface area contributed by atoms with Gasteiger partial charge in [-0.1, -0.05) is 18.5 Å². The number of ether oxygens (including phenoxy) is 1. The van der Waals surface area contributed by atoms with E-state index in [2.05, 4.69) is 33.5 Å². The summed E-state index contributed by atoms with van der Waals surface area (Å²) in [5.41, 5.74) is 0.580. The Hall–Kier alpha value is -0.780. The molecule has 0 aliphatic carbocycles. The summed E-state index contributed by atoms with van der Waals surface area (Å²) in [6, 6.07) is 3.25. The maximum atomic E-state index is 12.4. The maximum absolute atomic E-state index is 12.4. The number of methoxy groups -OCH3 is 1. The number of carbonyl (C=O) groups excluding carboxylic acids is 1. The lowest BCUT2D eigenvalue weighted by Crippen LogP contribution is -2.48. The summed E-state index contributed by atoms with van der Waals surface area (Å²) < 4.78 is 6.02. The van der Waals surface area contributed by atoms with Crippen LogP contribution in [0.3, 0.4) is 0 Å². The van der Waals surface area contributed by atoms with Gasteiger partial charge in [0.05, 0.1) is 23.3 Å². The molecule has 1 fully saturated rings. The van der Waals surface area contributed by atoms with Crippen LogP contribution in [-0.2, 0) is 4.79 Å². The summed E-state index contributed by atoms with van der Waals surface area (Å²) in [6.07, 6.45) is 2.17. The van der Waals surface area contributed by atoms with Crippen molar-refractivity contribution in [2.45, 2.75) is 25.8 Å². The predicted molar refractivity (Wildman–Crippen MR) is 84.5 cm³/mol. The number of hydrogen-bond acceptors (Lipinski definition) is 3. The fourth-order valence-corrected chi connectivity index (χ4v) is 3.44. The van der Waals surface area contributed by atoms with Gasteiger partial charge in [-0.25, -0.2) is 0 Å². The zero-order valence-electron chi connectivity index (χ0n) is 11.5. The highest BCUT2D eigenvalue weighted by Gasteiger charge is 2.28. The summed E-state index contributed by atoms with van der Waals surface area (Å²) in [5.74, 6) is 0.841. The summed E-state index contributed by atoms with van der Waals surface area (Å²) in [7, 11) is 1.56. The van der Waals surface area contributed by atoms with Crippen molar-refractivity contribution in [1.29, 1.82) is 0 Å². The molecule has 1 aromatic carbocycles. The predicted octanol–water partition coefficient (Wildman–Crippen LogP) is 3.44. The van der Waals surface area contributed by atoms with Crippen molar-refractivity contribution in [3.63, 3.8) is 0 Å². The van der Waals surface area contributed by atoms with Crippen LogP contribution in [0.25, 0.3) is 0 Å². The highest BCUT2D eigenvalue weighted by Crippen LogP contribution is 2.36. The van der Waals surface area contributed by atoms with Crippen molar-refractivity contribution in [2.75, 3.05) is 19.0 Å². The number of benzene rings is 1. The molecular weight excluding hydrogens is 344 g/mol. The number of halogens is 2. The van der Waals surface area contributed by atoms with Gasteiger partial charge in [0.25, 0.3) is 0 Å². The molecule has 1 aliphatic rings. The van der Waals surface area contributed by atoms with Gasteiger partial charge in [0.2, 0.25) is 5.91 Å². The molecule has 0 aromatic heterocycles. The summed E-state index contributed by atoms with van der Waals surface area (Å²) in [4.78, 5) is 12.4. The molecule has 0 radical (unpaired) electrons. The second kappa shape index (κ2) is 6.78. The van der Waals surface area contributed by atoms with Crippen LogP contribution in [0, 0.1) is 5.92 Å². The van der Waals surface area contributed by atoms with Crippen LogP contribution in [-0.4, -0.2) is 25.6 Å². The van der Waals surface area contributed by atoms with Crippen LogP contribution in [0.2, 0.25) is 5.02 Å². The van der Waals surface area contributed by atoms with Gasteiger partial charge in [-0.15, -0.1) is 0 Å².